The van der Waals surface area contributed by atoms with Crippen LogP contribution in [-0.2, 0) is 31.3 Å². The second kappa shape index (κ2) is 11.0. The van der Waals surface area contributed by atoms with Crippen LogP contribution in [0.2, 0.25) is 5.02 Å². The summed E-state index contributed by atoms with van der Waals surface area (Å²) in [5.74, 6) is 0.655. The number of hydrogen-bond donors (Lipinski definition) is 1. The van der Waals surface area contributed by atoms with Crippen LogP contribution in [0.4, 0.5) is 5.69 Å². The molecule has 1 saturated carbocycles. The molecule has 0 radical (unpaired) electrons. The first-order chi connectivity index (χ1) is 20.2. The molecule has 7 rings (SSSR count). The van der Waals surface area contributed by atoms with E-state index in [1.165, 1.54) is 11.1 Å². The molecule has 1 N–H and O–H groups in total. The third kappa shape index (κ3) is 5.42. The van der Waals surface area contributed by atoms with Gasteiger partial charge in [0.25, 0.3) is 5.91 Å². The van der Waals surface area contributed by atoms with E-state index >= 15 is 0 Å². The lowest BCUT2D eigenvalue weighted by atomic mass is 9.67. The number of fused-ring (bicyclic) bond motifs is 7. The Hall–Kier alpha value is -2.33. The lowest BCUT2D eigenvalue weighted by molar-refractivity contribution is -0.146. The molecule has 2 aliphatic carbocycles. The van der Waals surface area contributed by atoms with E-state index in [0.29, 0.717) is 24.0 Å². The summed E-state index contributed by atoms with van der Waals surface area (Å²) in [5, 5.41) is 0.751. The molecular weight excluding hydrogens is 576 g/mol. The van der Waals surface area contributed by atoms with Gasteiger partial charge < -0.3 is 19.1 Å². The zero-order valence-electron chi connectivity index (χ0n) is 24.0. The number of rotatable bonds is 0. The molecule has 4 bridgehead atoms. The van der Waals surface area contributed by atoms with Gasteiger partial charge in [0.05, 0.1) is 43.0 Å². The van der Waals surface area contributed by atoms with Crippen molar-refractivity contribution in [3.63, 3.8) is 0 Å². The fraction of sp³-hybridized carbons (Fsp3) is 0.594. The lowest BCUT2D eigenvalue weighted by Gasteiger charge is -2.48. The summed E-state index contributed by atoms with van der Waals surface area (Å²) in [4.78, 5) is 15.6. The zero-order valence-corrected chi connectivity index (χ0v) is 25.6. The van der Waals surface area contributed by atoms with Crippen LogP contribution in [-0.4, -0.2) is 64.7 Å². The Balaban J connectivity index is 1.29. The van der Waals surface area contributed by atoms with E-state index in [1.54, 1.807) is 12.1 Å². The Morgan fingerprint density at radius 1 is 1.12 bits per heavy atom. The highest BCUT2D eigenvalue weighted by Gasteiger charge is 2.46. The molecule has 226 valence electrons. The van der Waals surface area contributed by atoms with Gasteiger partial charge in [0, 0.05) is 35.5 Å². The van der Waals surface area contributed by atoms with Crippen molar-refractivity contribution in [3.05, 3.63) is 58.1 Å². The Labute approximate surface area is 253 Å². The molecule has 0 unspecified atom stereocenters. The van der Waals surface area contributed by atoms with Crippen LogP contribution in [0.5, 0.6) is 5.75 Å². The van der Waals surface area contributed by atoms with Crippen LogP contribution in [0.25, 0.3) is 0 Å². The van der Waals surface area contributed by atoms with Gasteiger partial charge in [0.1, 0.15) is 5.75 Å². The molecule has 0 aromatic heterocycles. The van der Waals surface area contributed by atoms with Gasteiger partial charge in [-0.1, -0.05) is 17.7 Å². The van der Waals surface area contributed by atoms with Crippen molar-refractivity contribution in [1.82, 2.24) is 4.72 Å². The smallest absolute Gasteiger partial charge is 0.264 e. The van der Waals surface area contributed by atoms with Gasteiger partial charge in [-0.3, -0.25) is 4.79 Å². The highest BCUT2D eigenvalue weighted by molar-refractivity contribution is 7.90. The largest absolute Gasteiger partial charge is 0.490 e. The van der Waals surface area contributed by atoms with E-state index in [9.17, 15) is 13.2 Å². The number of nitrogens with zero attached hydrogens (tertiary/aromatic N) is 1. The molecule has 1 saturated heterocycles. The third-order valence-corrected chi connectivity index (χ3v) is 11.6. The first kappa shape index (κ1) is 28.4. The summed E-state index contributed by atoms with van der Waals surface area (Å²) in [6.07, 6.45) is 6.85. The normalized spacial score (nSPS) is 34.2. The van der Waals surface area contributed by atoms with E-state index in [-0.39, 0.29) is 36.1 Å². The number of nitrogens with one attached hydrogen (secondary N) is 1. The van der Waals surface area contributed by atoms with Gasteiger partial charge in [0.15, 0.2) is 0 Å². The minimum Gasteiger partial charge on any atom is -0.490 e. The molecule has 3 aliphatic heterocycles. The van der Waals surface area contributed by atoms with E-state index < -0.39 is 15.9 Å². The maximum Gasteiger partial charge on any atom is 0.264 e. The number of sulfonamides is 1. The molecular formula is C32H39ClN2O6S. The SMILES string of the molecule is C[C@H]1C[C@H]2C[C@@H](O1)[C@@H]1CC[C@H]1CN1C[C@@]3(CCCc4cc(Cl)ccc43)COc3ccc(cc31)C(=O)NS(=O)(=O)CCO2. The summed E-state index contributed by atoms with van der Waals surface area (Å²) in [6.45, 7) is 4.21. The van der Waals surface area contributed by atoms with Gasteiger partial charge in [0.2, 0.25) is 10.0 Å². The van der Waals surface area contributed by atoms with Crippen LogP contribution < -0.4 is 14.4 Å². The molecule has 10 heteroatoms. The highest BCUT2D eigenvalue weighted by Crippen LogP contribution is 2.48. The van der Waals surface area contributed by atoms with Gasteiger partial charge in [-0.05, 0) is 98.7 Å². The standard InChI is InChI=1S/C32H39ClN2O6S/c1-20-13-25-16-30(41-20)26-7-4-23(26)17-35-18-32(10-2-3-21-14-24(33)6-8-27(21)32)19-40-29-9-5-22(15-28(29)35)31(36)34-42(37,38)12-11-39-25/h5-6,8-9,14-15,20,23,25-26,30H,2-4,7,10-13,16-19H2,1H3,(H,34,36)/t20-,23-,25-,26+,30+,32-/m0/s1. The lowest BCUT2D eigenvalue weighted by Crippen LogP contribution is -2.51. The first-order valence-corrected chi connectivity index (χ1v) is 17.3. The Bertz CT molecular complexity index is 1480. The van der Waals surface area contributed by atoms with Crippen LogP contribution in [0.3, 0.4) is 0 Å². The third-order valence-electron chi connectivity index (χ3n) is 10.2. The van der Waals surface area contributed by atoms with Crippen molar-refractivity contribution in [3.8, 4) is 5.75 Å². The van der Waals surface area contributed by atoms with Crippen LogP contribution >= 0.6 is 11.6 Å². The average molecular weight is 615 g/mol. The minimum atomic E-state index is -3.87. The van der Waals surface area contributed by atoms with Gasteiger partial charge in [-0.25, -0.2) is 13.1 Å². The van der Waals surface area contributed by atoms with Crippen LogP contribution in [0.1, 0.15) is 66.9 Å². The Morgan fingerprint density at radius 3 is 2.83 bits per heavy atom. The number of halogens is 1. The van der Waals surface area contributed by atoms with Crippen LogP contribution in [0, 0.1) is 11.8 Å². The number of anilines is 1. The molecule has 2 fully saturated rings. The number of carbonyl (C=O) groups excluding carboxylic acids is 1. The van der Waals surface area contributed by atoms with E-state index in [2.05, 4.69) is 28.7 Å². The average Bonchev–Trinajstić information content (AvgIpc) is 3.07. The van der Waals surface area contributed by atoms with Crippen molar-refractivity contribution < 1.29 is 27.4 Å². The van der Waals surface area contributed by atoms with E-state index in [0.717, 1.165) is 74.5 Å². The first-order valence-electron chi connectivity index (χ1n) is 15.3. The van der Waals surface area contributed by atoms with Crippen molar-refractivity contribution in [2.45, 2.75) is 75.6 Å². The number of aryl methyl sites for hydroxylation is 1. The van der Waals surface area contributed by atoms with Gasteiger partial charge >= 0.3 is 0 Å². The molecule has 2 aromatic rings. The van der Waals surface area contributed by atoms with Gasteiger partial charge in [-0.2, -0.15) is 0 Å². The number of hydrogen-bond acceptors (Lipinski definition) is 7. The van der Waals surface area contributed by atoms with E-state index in [1.807, 2.05) is 12.1 Å². The van der Waals surface area contributed by atoms with Gasteiger partial charge in [-0.15, -0.1) is 0 Å². The predicted molar refractivity (Wildman–Crippen MR) is 161 cm³/mol. The molecule has 42 heavy (non-hydrogen) atoms. The summed E-state index contributed by atoms with van der Waals surface area (Å²) < 4.78 is 47.0. The number of benzene rings is 2. The minimum absolute atomic E-state index is 0.0430. The second-order valence-electron chi connectivity index (χ2n) is 13.0. The highest BCUT2D eigenvalue weighted by atomic mass is 35.5. The zero-order chi connectivity index (χ0) is 29.1. The topological polar surface area (TPSA) is 94.2 Å². The predicted octanol–water partition coefficient (Wildman–Crippen LogP) is 4.87. The number of amides is 1. The fourth-order valence-electron chi connectivity index (χ4n) is 7.97. The fourth-order valence-corrected chi connectivity index (χ4v) is 8.98. The molecule has 1 spiro atoms. The van der Waals surface area contributed by atoms with Crippen molar-refractivity contribution in [1.29, 1.82) is 0 Å². The van der Waals surface area contributed by atoms with Crippen molar-refractivity contribution in [2.24, 2.45) is 11.8 Å². The van der Waals surface area contributed by atoms with Crippen LogP contribution in [0.15, 0.2) is 36.4 Å². The van der Waals surface area contributed by atoms with E-state index in [4.69, 9.17) is 25.8 Å². The van der Waals surface area contributed by atoms with Crippen molar-refractivity contribution >= 4 is 33.2 Å². The molecule has 3 heterocycles. The summed E-state index contributed by atoms with van der Waals surface area (Å²) in [7, 11) is -3.87. The molecule has 1 amide bonds. The van der Waals surface area contributed by atoms with Crippen molar-refractivity contribution in [2.75, 3.05) is 37.0 Å². The maximum atomic E-state index is 13.2. The number of carbonyl (C=O) groups is 1. The molecule has 6 atom stereocenters. The monoisotopic (exact) mass is 614 g/mol. The second-order valence-corrected chi connectivity index (χ2v) is 15.3. The summed E-state index contributed by atoms with van der Waals surface area (Å²) in [6, 6.07) is 11.5. The summed E-state index contributed by atoms with van der Waals surface area (Å²) in [5.41, 5.74) is 3.48. The molecule has 2 aromatic carbocycles. The molecule has 5 aliphatic rings. The Kier molecular flexibility index (Phi) is 7.44. The number of ether oxygens (including phenoxy) is 3. The Morgan fingerprint density at radius 2 is 2.00 bits per heavy atom. The summed E-state index contributed by atoms with van der Waals surface area (Å²) >= 11 is 6.41. The molecule has 8 nitrogen and oxygen atoms in total. The maximum absolute atomic E-state index is 13.2. The quantitative estimate of drug-likeness (QED) is 0.453.